The zero-order valence-electron chi connectivity index (χ0n) is 6.31. The van der Waals surface area contributed by atoms with Gasteiger partial charge in [0.25, 0.3) is 0 Å². The summed E-state index contributed by atoms with van der Waals surface area (Å²) in [6.07, 6.45) is 0. The second kappa shape index (κ2) is 2.84. The fourth-order valence-electron chi connectivity index (χ4n) is 0.878. The molecule has 0 fully saturated rings. The van der Waals surface area contributed by atoms with Gasteiger partial charge in [0.05, 0.1) is 4.88 Å². The van der Waals surface area contributed by atoms with Crippen molar-refractivity contribution in [2.24, 2.45) is 15.2 Å². The van der Waals surface area contributed by atoms with Gasteiger partial charge in [-0.05, 0) is 36.2 Å². The molecule has 0 spiro atoms. The Morgan fingerprint density at radius 1 is 1.42 bits per heavy atom. The summed E-state index contributed by atoms with van der Waals surface area (Å²) in [7, 11) is 0. The number of aryl methyl sites for hydroxylation is 1. The smallest absolute Gasteiger partial charge is 0.194 e. The largest absolute Gasteiger partial charge is 0.242 e. The van der Waals surface area contributed by atoms with Gasteiger partial charge in [0.2, 0.25) is 5.11 Å². The highest BCUT2D eigenvalue weighted by Crippen LogP contribution is 2.17. The summed E-state index contributed by atoms with van der Waals surface area (Å²) >= 11 is 6.36. The van der Waals surface area contributed by atoms with E-state index >= 15 is 0 Å². The van der Waals surface area contributed by atoms with E-state index in [1.165, 1.54) is 5.56 Å². The molecule has 0 bridgehead atoms. The van der Waals surface area contributed by atoms with Crippen LogP contribution in [0.2, 0.25) is 0 Å². The molecule has 0 atom stereocenters. The monoisotopic (exact) mass is 195 g/mol. The van der Waals surface area contributed by atoms with E-state index in [4.69, 9.17) is 12.2 Å². The number of thiocarbonyl (C=S) groups is 1. The summed E-state index contributed by atoms with van der Waals surface area (Å²) in [5.74, 6) is 0.637. The summed E-state index contributed by atoms with van der Waals surface area (Å²) in [5.41, 5.74) is 1.21. The number of rotatable bonds is 1. The van der Waals surface area contributed by atoms with Crippen molar-refractivity contribution < 1.29 is 0 Å². The second-order valence-corrected chi connectivity index (χ2v) is 3.68. The van der Waals surface area contributed by atoms with Gasteiger partial charge in [-0.1, -0.05) is 0 Å². The van der Waals surface area contributed by atoms with Crippen LogP contribution in [0.3, 0.4) is 0 Å². The summed E-state index contributed by atoms with van der Waals surface area (Å²) < 4.78 is 0. The molecule has 0 N–H and O–H groups in total. The Kier molecular flexibility index (Phi) is 1.82. The Bertz CT molecular complexity index is 389. The lowest BCUT2D eigenvalue weighted by Crippen LogP contribution is -1.88. The van der Waals surface area contributed by atoms with Crippen molar-refractivity contribution in [3.05, 3.63) is 21.9 Å². The predicted octanol–water partition coefficient (Wildman–Crippen LogP) is 2.55. The molecule has 0 radical (unpaired) electrons. The van der Waals surface area contributed by atoms with E-state index in [0.29, 0.717) is 10.9 Å². The van der Waals surface area contributed by atoms with Gasteiger partial charge in [-0.3, -0.25) is 0 Å². The average molecular weight is 195 g/mol. The van der Waals surface area contributed by atoms with E-state index in [1.807, 2.05) is 13.0 Å². The second-order valence-electron chi connectivity index (χ2n) is 2.41. The van der Waals surface area contributed by atoms with Crippen molar-refractivity contribution in [2.45, 2.75) is 6.92 Å². The molecule has 5 heteroatoms. The van der Waals surface area contributed by atoms with E-state index in [-0.39, 0.29) is 0 Å². The summed E-state index contributed by atoms with van der Waals surface area (Å²) in [5, 5.41) is 9.87. The zero-order chi connectivity index (χ0) is 8.55. The number of amidine groups is 1. The lowest BCUT2D eigenvalue weighted by Gasteiger charge is -1.84. The molecule has 1 aliphatic rings. The summed E-state index contributed by atoms with van der Waals surface area (Å²) in [4.78, 5) is 5.02. The normalized spacial score (nSPS) is 15.4. The number of hydrogen-bond acceptors (Lipinski definition) is 3. The van der Waals surface area contributed by atoms with Gasteiger partial charge < -0.3 is 0 Å². The maximum Gasteiger partial charge on any atom is 0.242 e. The fourth-order valence-corrected chi connectivity index (χ4v) is 1.83. The molecule has 0 aliphatic carbocycles. The highest BCUT2D eigenvalue weighted by molar-refractivity contribution is 7.80. The SMILES string of the molecule is Cc1csc(C2=NC(=S)N=N2)c1. The van der Waals surface area contributed by atoms with Crippen LogP contribution in [0, 0.1) is 6.92 Å². The van der Waals surface area contributed by atoms with Gasteiger partial charge in [-0.15, -0.1) is 21.6 Å². The molecule has 1 aromatic heterocycles. The molecule has 0 amide bonds. The summed E-state index contributed by atoms with van der Waals surface area (Å²) in [6, 6.07) is 2.02. The lowest BCUT2D eigenvalue weighted by molar-refractivity contribution is 1.41. The quantitative estimate of drug-likeness (QED) is 0.634. The van der Waals surface area contributed by atoms with E-state index in [2.05, 4.69) is 20.6 Å². The minimum atomic E-state index is 0.316. The first kappa shape index (κ1) is 7.70. The lowest BCUT2D eigenvalue weighted by atomic mass is 10.3. The molecule has 3 nitrogen and oxygen atoms in total. The molecule has 60 valence electrons. The molecule has 1 aliphatic heterocycles. The van der Waals surface area contributed by atoms with Crippen LogP contribution in [0.5, 0.6) is 0 Å². The highest BCUT2D eigenvalue weighted by Gasteiger charge is 2.10. The molecule has 0 saturated carbocycles. The van der Waals surface area contributed by atoms with Crippen molar-refractivity contribution in [1.29, 1.82) is 0 Å². The number of azo groups is 1. The molecule has 0 aromatic carbocycles. The first-order valence-corrected chi connectivity index (χ1v) is 4.64. The van der Waals surface area contributed by atoms with Crippen LogP contribution >= 0.6 is 23.6 Å². The van der Waals surface area contributed by atoms with Crippen LogP contribution < -0.4 is 0 Å². The number of aliphatic imine (C=N–C) groups is 1. The maximum atomic E-state index is 4.76. The number of nitrogens with zero attached hydrogens (tertiary/aromatic N) is 3. The van der Waals surface area contributed by atoms with Crippen LogP contribution in [0.4, 0.5) is 0 Å². The van der Waals surface area contributed by atoms with Crippen LogP contribution in [0.25, 0.3) is 0 Å². The van der Waals surface area contributed by atoms with Gasteiger partial charge in [-0.25, -0.2) is 0 Å². The first-order chi connectivity index (χ1) is 5.75. The standard InChI is InChI=1S/C7H5N3S2/c1-4-2-5(12-3-4)6-8-7(11)10-9-6/h2-3H,1H3. The Morgan fingerprint density at radius 3 is 2.75 bits per heavy atom. The van der Waals surface area contributed by atoms with Crippen molar-refractivity contribution in [1.82, 2.24) is 0 Å². The van der Waals surface area contributed by atoms with E-state index in [9.17, 15) is 0 Å². The highest BCUT2D eigenvalue weighted by atomic mass is 32.1. The van der Waals surface area contributed by atoms with Crippen LogP contribution in [-0.4, -0.2) is 10.9 Å². The molecule has 2 heterocycles. The van der Waals surface area contributed by atoms with Crippen LogP contribution in [0.1, 0.15) is 10.4 Å². The third-order valence-corrected chi connectivity index (χ3v) is 2.60. The van der Waals surface area contributed by atoms with Crippen molar-refractivity contribution >= 4 is 34.5 Å². The average Bonchev–Trinajstić information content (AvgIpc) is 2.58. The van der Waals surface area contributed by atoms with Gasteiger partial charge >= 0.3 is 0 Å². The topological polar surface area (TPSA) is 37.1 Å². The minimum Gasteiger partial charge on any atom is -0.194 e. The maximum absolute atomic E-state index is 4.76. The molecule has 12 heavy (non-hydrogen) atoms. The van der Waals surface area contributed by atoms with Crippen molar-refractivity contribution in [2.75, 3.05) is 0 Å². The van der Waals surface area contributed by atoms with Crippen molar-refractivity contribution in [3.8, 4) is 0 Å². The van der Waals surface area contributed by atoms with Gasteiger partial charge in [0, 0.05) is 0 Å². The van der Waals surface area contributed by atoms with Crippen molar-refractivity contribution in [3.63, 3.8) is 0 Å². The fraction of sp³-hybridized carbons (Fsp3) is 0.143. The van der Waals surface area contributed by atoms with Gasteiger partial charge in [0.1, 0.15) is 0 Å². The molecular weight excluding hydrogens is 190 g/mol. The summed E-state index contributed by atoms with van der Waals surface area (Å²) in [6.45, 7) is 2.03. The van der Waals surface area contributed by atoms with Gasteiger partial charge in [0.15, 0.2) is 5.84 Å². The number of hydrogen-bond donors (Lipinski definition) is 0. The Hall–Kier alpha value is -0.940. The van der Waals surface area contributed by atoms with Gasteiger partial charge in [-0.2, -0.15) is 4.99 Å². The first-order valence-electron chi connectivity index (χ1n) is 3.35. The molecule has 1 aromatic rings. The molecular formula is C7H5N3S2. The third kappa shape index (κ3) is 1.33. The Morgan fingerprint density at radius 2 is 2.25 bits per heavy atom. The number of thiophene rings is 1. The third-order valence-electron chi connectivity index (χ3n) is 1.38. The van der Waals surface area contributed by atoms with Crippen LogP contribution in [-0.2, 0) is 0 Å². The van der Waals surface area contributed by atoms with E-state index in [1.54, 1.807) is 11.3 Å². The molecule has 2 rings (SSSR count). The van der Waals surface area contributed by atoms with Crippen LogP contribution in [0.15, 0.2) is 26.7 Å². The minimum absolute atomic E-state index is 0.316. The molecule has 0 saturated heterocycles. The Balaban J connectivity index is 2.39. The zero-order valence-corrected chi connectivity index (χ0v) is 7.95. The molecule has 0 unspecified atom stereocenters. The van der Waals surface area contributed by atoms with E-state index in [0.717, 1.165) is 4.88 Å². The Labute approximate surface area is 78.9 Å². The predicted molar refractivity (Wildman–Crippen MR) is 53.0 cm³/mol. The van der Waals surface area contributed by atoms with E-state index < -0.39 is 0 Å².